The predicted molar refractivity (Wildman–Crippen MR) is 170 cm³/mol. The number of nitrogens with zero attached hydrogens (tertiary/aromatic N) is 3. The zero-order chi connectivity index (χ0) is 30.9. The lowest BCUT2D eigenvalue weighted by atomic mass is 10.2. The zero-order valence-electron chi connectivity index (χ0n) is 25.6. The highest BCUT2D eigenvalue weighted by atomic mass is 19.1. The van der Waals surface area contributed by atoms with Crippen molar-refractivity contribution in [3.8, 4) is 0 Å². The molecule has 0 saturated heterocycles. The summed E-state index contributed by atoms with van der Waals surface area (Å²) >= 11 is 0. The van der Waals surface area contributed by atoms with E-state index in [1.165, 1.54) is 6.07 Å². The lowest BCUT2D eigenvalue weighted by Gasteiger charge is -2.28. The average Bonchev–Trinajstić information content (AvgIpc) is 2.90. The van der Waals surface area contributed by atoms with Crippen LogP contribution in [0.1, 0.15) is 48.8 Å². The van der Waals surface area contributed by atoms with Crippen LogP contribution in [0.4, 0.5) is 21.5 Å². The van der Waals surface area contributed by atoms with Gasteiger partial charge in [0.15, 0.2) is 5.88 Å². The highest BCUT2D eigenvalue weighted by Crippen LogP contribution is 2.25. The van der Waals surface area contributed by atoms with Gasteiger partial charge in [0.1, 0.15) is 17.1 Å². The first kappa shape index (κ1) is 32.1. The van der Waals surface area contributed by atoms with E-state index in [4.69, 9.17) is 4.74 Å². The molecule has 8 nitrogen and oxygen atoms in total. The molecule has 1 amide bonds. The Morgan fingerprint density at radius 3 is 2.26 bits per heavy atom. The van der Waals surface area contributed by atoms with E-state index >= 15 is 0 Å². The summed E-state index contributed by atoms with van der Waals surface area (Å²) in [5, 5.41) is 9.34. The molecule has 1 aromatic heterocycles. The molecule has 0 saturated carbocycles. The van der Waals surface area contributed by atoms with Crippen molar-refractivity contribution in [1.82, 2.24) is 14.8 Å². The van der Waals surface area contributed by atoms with Crippen LogP contribution in [0.2, 0.25) is 0 Å². The second-order valence-corrected chi connectivity index (χ2v) is 11.4. The maximum absolute atomic E-state index is 13.7. The largest absolute Gasteiger partial charge is 0.474 e. The van der Waals surface area contributed by atoms with Gasteiger partial charge in [-0.2, -0.15) is 0 Å². The fourth-order valence-corrected chi connectivity index (χ4v) is 4.16. The molecule has 42 heavy (non-hydrogen) atoms. The van der Waals surface area contributed by atoms with Gasteiger partial charge in [0.05, 0.1) is 17.2 Å². The van der Waals surface area contributed by atoms with Gasteiger partial charge >= 0.3 is 0 Å². The second kappa shape index (κ2) is 14.5. The van der Waals surface area contributed by atoms with Crippen LogP contribution in [-0.4, -0.2) is 53.5 Å². The van der Waals surface area contributed by atoms with Gasteiger partial charge in [-0.3, -0.25) is 9.78 Å². The van der Waals surface area contributed by atoms with Crippen molar-refractivity contribution in [1.29, 1.82) is 0 Å². The number of ether oxygens (including phenoxy) is 1. The average molecular weight is 575 g/mol. The maximum atomic E-state index is 13.7. The van der Waals surface area contributed by atoms with Crippen LogP contribution in [0.15, 0.2) is 85.7 Å². The molecule has 0 fully saturated rings. The van der Waals surface area contributed by atoms with Crippen molar-refractivity contribution in [3.63, 3.8) is 0 Å². The van der Waals surface area contributed by atoms with E-state index < -0.39 is 5.60 Å². The molecular weight excluding hydrogens is 531 g/mol. The molecule has 0 aliphatic heterocycles. The molecule has 0 bridgehead atoms. The van der Waals surface area contributed by atoms with Crippen molar-refractivity contribution in [3.05, 3.63) is 108 Å². The molecule has 3 N–H and O–H groups in total. The van der Waals surface area contributed by atoms with Crippen molar-refractivity contribution in [2.75, 3.05) is 43.1 Å². The number of benzene rings is 2. The normalized spacial score (nSPS) is 11.1. The zero-order valence-corrected chi connectivity index (χ0v) is 25.6. The molecule has 1 heterocycles. The summed E-state index contributed by atoms with van der Waals surface area (Å²) in [4.78, 5) is 21.8. The third-order valence-corrected chi connectivity index (χ3v) is 6.17. The molecule has 3 aromatic rings. The Kier molecular flexibility index (Phi) is 11.1. The fourth-order valence-electron chi connectivity index (χ4n) is 4.16. The molecule has 0 spiro atoms. The number of para-hydroxylation sites is 2. The summed E-state index contributed by atoms with van der Waals surface area (Å²) in [7, 11) is 4.08. The smallest absolute Gasteiger partial charge is 0.274 e. The van der Waals surface area contributed by atoms with E-state index in [1.54, 1.807) is 37.4 Å². The van der Waals surface area contributed by atoms with E-state index in [9.17, 15) is 9.18 Å². The Morgan fingerprint density at radius 2 is 1.67 bits per heavy atom. The highest BCUT2D eigenvalue weighted by molar-refractivity contribution is 6.04. The highest BCUT2D eigenvalue weighted by Gasteiger charge is 2.16. The van der Waals surface area contributed by atoms with E-state index in [2.05, 4.69) is 43.9 Å². The van der Waals surface area contributed by atoms with Crippen molar-refractivity contribution >= 4 is 23.0 Å². The lowest BCUT2D eigenvalue weighted by molar-refractivity contribution is 0.0565. The first-order valence-corrected chi connectivity index (χ1v) is 13.9. The van der Waals surface area contributed by atoms with Gasteiger partial charge in [-0.05, 0) is 109 Å². The topological polar surface area (TPSA) is 81.8 Å². The molecule has 0 aliphatic carbocycles. The molecule has 2 aromatic carbocycles. The molecule has 9 heteroatoms. The maximum Gasteiger partial charge on any atom is 0.274 e. The monoisotopic (exact) mass is 574 g/mol. The number of hydrogen-bond donors (Lipinski definition) is 3. The van der Waals surface area contributed by atoms with Gasteiger partial charge in [-0.1, -0.05) is 24.8 Å². The van der Waals surface area contributed by atoms with E-state index in [-0.39, 0.29) is 17.4 Å². The third-order valence-electron chi connectivity index (χ3n) is 6.17. The summed E-state index contributed by atoms with van der Waals surface area (Å²) in [6.45, 7) is 17.9. The third kappa shape index (κ3) is 10.2. The Labute approximate surface area is 249 Å². The number of hydrogen-bond acceptors (Lipinski definition) is 7. The van der Waals surface area contributed by atoms with Gasteiger partial charge in [0.2, 0.25) is 0 Å². The molecule has 0 aliphatic rings. The summed E-state index contributed by atoms with van der Waals surface area (Å²) in [5.41, 5.74) is 3.38. The van der Waals surface area contributed by atoms with Crippen LogP contribution >= 0.6 is 0 Å². The van der Waals surface area contributed by atoms with Gasteiger partial charge < -0.3 is 30.5 Å². The standard InChI is InChI=1S/C33H43FN6O2/c1-23-20-27(15-16-28(23)34)36-24(2)40(19-11-18-39(7)8)22-26-14-17-31(35-21-26)32(41)38-30-13-10-9-12-29(30)37-25(3)42-33(4,5)6/h9-10,12-17,20-21,36-37H,2-3,11,18-19,22H2,1,4-8H3,(H,38,41). The van der Waals surface area contributed by atoms with Gasteiger partial charge in [0.25, 0.3) is 5.91 Å². The van der Waals surface area contributed by atoms with Crippen LogP contribution in [0.5, 0.6) is 0 Å². The Balaban J connectivity index is 1.68. The van der Waals surface area contributed by atoms with Gasteiger partial charge in [-0.15, -0.1) is 0 Å². The van der Waals surface area contributed by atoms with E-state index in [0.29, 0.717) is 35.2 Å². The van der Waals surface area contributed by atoms with Crippen molar-refractivity contribution < 1.29 is 13.9 Å². The Morgan fingerprint density at radius 1 is 0.976 bits per heavy atom. The molecule has 224 valence electrons. The van der Waals surface area contributed by atoms with Crippen LogP contribution in [0.25, 0.3) is 0 Å². The number of aryl methyl sites for hydroxylation is 1. The number of carbonyl (C=O) groups is 1. The van der Waals surface area contributed by atoms with Crippen LogP contribution < -0.4 is 16.0 Å². The predicted octanol–water partition coefficient (Wildman–Crippen LogP) is 6.82. The van der Waals surface area contributed by atoms with Crippen LogP contribution in [0, 0.1) is 12.7 Å². The quantitative estimate of drug-likeness (QED) is 0.182. The number of pyridine rings is 1. The van der Waals surface area contributed by atoms with Crippen molar-refractivity contribution in [2.24, 2.45) is 0 Å². The Bertz CT molecular complexity index is 1380. The number of carbonyl (C=O) groups excluding carboxylic acids is 1. The minimum atomic E-state index is -0.404. The summed E-state index contributed by atoms with van der Waals surface area (Å²) in [6.07, 6.45) is 2.62. The Hall–Kier alpha value is -4.37. The van der Waals surface area contributed by atoms with E-state index in [1.807, 2.05) is 59.1 Å². The molecular formula is C33H43FN6O2. The number of nitrogens with one attached hydrogen (secondary N) is 3. The first-order chi connectivity index (χ1) is 19.8. The van der Waals surface area contributed by atoms with Crippen LogP contribution in [0.3, 0.4) is 0 Å². The molecule has 0 unspecified atom stereocenters. The molecule has 0 radical (unpaired) electrons. The second-order valence-electron chi connectivity index (χ2n) is 11.4. The number of rotatable bonds is 14. The summed E-state index contributed by atoms with van der Waals surface area (Å²) in [5.74, 6) is 0.498. The fraction of sp³-hybridized carbons (Fsp3) is 0.333. The lowest BCUT2D eigenvalue weighted by Crippen LogP contribution is -2.29. The summed E-state index contributed by atoms with van der Waals surface area (Å²) in [6, 6.07) is 15.8. The molecule has 3 rings (SSSR count). The van der Waals surface area contributed by atoms with Crippen LogP contribution in [-0.2, 0) is 11.3 Å². The SMILES string of the molecule is C=C(Nc1ccccc1NC(=O)c1ccc(CN(CCCN(C)C)C(=C)Nc2ccc(F)c(C)c2)cn1)OC(C)(C)C. The number of amides is 1. The van der Waals surface area contributed by atoms with Gasteiger partial charge in [0, 0.05) is 25.0 Å². The first-order valence-electron chi connectivity index (χ1n) is 13.9. The van der Waals surface area contributed by atoms with E-state index in [0.717, 1.165) is 30.8 Å². The molecule has 0 atom stereocenters. The minimum Gasteiger partial charge on any atom is -0.474 e. The van der Waals surface area contributed by atoms with Crippen molar-refractivity contribution in [2.45, 2.75) is 46.3 Å². The number of anilines is 3. The minimum absolute atomic E-state index is 0.246. The van der Waals surface area contributed by atoms with Gasteiger partial charge in [-0.25, -0.2) is 4.39 Å². The number of aromatic nitrogens is 1. The summed E-state index contributed by atoms with van der Waals surface area (Å²) < 4.78 is 19.5. The number of halogens is 1.